The number of halogens is 1. The Morgan fingerprint density at radius 3 is 3.11 bits per heavy atom. The van der Waals surface area contributed by atoms with E-state index in [9.17, 15) is 4.79 Å². The predicted molar refractivity (Wildman–Crippen MR) is 32.0 cm³/mol. The van der Waals surface area contributed by atoms with Gasteiger partial charge in [0.05, 0.1) is 0 Å². The van der Waals surface area contributed by atoms with Crippen molar-refractivity contribution in [3.8, 4) is 0 Å². The predicted octanol–water partition coefficient (Wildman–Crippen LogP) is 1.40. The van der Waals surface area contributed by atoms with E-state index in [2.05, 4.69) is 30.3 Å². The van der Waals surface area contributed by atoms with Crippen LogP contribution in [0.2, 0.25) is 0 Å². The number of carbonyl (C=O) groups excluding carboxylic acids is 1. The lowest BCUT2D eigenvalue weighted by atomic mass is 11.0. The largest absolute Gasteiger partial charge is 0.429 e. The molecule has 9 heavy (non-hydrogen) atoms. The van der Waals surface area contributed by atoms with Crippen LogP contribution in [0.4, 0.5) is 6.01 Å². The summed E-state index contributed by atoms with van der Waals surface area (Å²) in [7, 11) is 0. The lowest BCUT2D eigenvalue weighted by Gasteiger charge is -1.69. The Morgan fingerprint density at radius 2 is 2.67 bits per heavy atom. The third kappa shape index (κ3) is 1.48. The Kier molecular flexibility index (Phi) is 1.77. The minimum atomic E-state index is 0.0110. The highest BCUT2D eigenvalue weighted by Gasteiger charge is 1.95. The fourth-order valence-electron chi connectivity index (χ4n) is 0.336. The van der Waals surface area contributed by atoms with E-state index in [1.54, 1.807) is 0 Å². The second-order valence-corrected chi connectivity index (χ2v) is 1.97. The van der Waals surface area contributed by atoms with Gasteiger partial charge in [-0.25, -0.2) is 4.79 Å². The van der Waals surface area contributed by atoms with Gasteiger partial charge in [0.25, 0.3) is 0 Å². The molecule has 1 heterocycles. The summed E-state index contributed by atoms with van der Waals surface area (Å²) in [6, 6.07) is 0.0110. The molecule has 0 saturated heterocycles. The van der Waals surface area contributed by atoms with Crippen molar-refractivity contribution in [3.63, 3.8) is 0 Å². The number of hydrogen-bond acceptors (Lipinski definition) is 4. The Balaban J connectivity index is 2.97. The summed E-state index contributed by atoms with van der Waals surface area (Å²) >= 11 is 3.01. The maximum Gasteiger partial charge on any atom is 0.333 e. The highest BCUT2D eigenvalue weighted by Crippen LogP contribution is 2.13. The topological polar surface area (TPSA) is 55.5 Å². The molecule has 4 nitrogen and oxygen atoms in total. The number of aromatic nitrogens is 1. The molecule has 0 N–H and O–H groups in total. The van der Waals surface area contributed by atoms with Crippen molar-refractivity contribution in [2.45, 2.75) is 0 Å². The van der Waals surface area contributed by atoms with Gasteiger partial charge >= 0.3 is 6.01 Å². The minimum Gasteiger partial charge on any atom is -0.429 e. The van der Waals surface area contributed by atoms with Crippen molar-refractivity contribution < 1.29 is 9.21 Å². The summed E-state index contributed by atoms with van der Waals surface area (Å²) in [5.74, 6) is 0. The molecule has 0 atom stereocenters. The number of rotatable bonds is 1. The van der Waals surface area contributed by atoms with E-state index in [0.29, 0.717) is 4.60 Å². The fraction of sp³-hybridized carbons (Fsp3) is 0. The molecule has 0 aliphatic rings. The van der Waals surface area contributed by atoms with Gasteiger partial charge in [0.1, 0.15) is 10.9 Å². The first-order valence-electron chi connectivity index (χ1n) is 2.02. The molecule has 0 spiro atoms. The molecule has 0 aromatic carbocycles. The van der Waals surface area contributed by atoms with Crippen LogP contribution in [0, 0.1) is 0 Å². The number of hydrogen-bond donors (Lipinski definition) is 0. The zero-order chi connectivity index (χ0) is 6.69. The van der Waals surface area contributed by atoms with E-state index in [-0.39, 0.29) is 6.01 Å². The molecule has 1 aromatic heterocycles. The van der Waals surface area contributed by atoms with Crippen LogP contribution < -0.4 is 0 Å². The van der Waals surface area contributed by atoms with Crippen molar-refractivity contribution in [1.29, 1.82) is 0 Å². The average molecular weight is 189 g/mol. The van der Waals surface area contributed by atoms with E-state index < -0.39 is 0 Å². The molecule has 0 radical (unpaired) electrons. The molecule has 0 amide bonds. The number of isocyanates is 1. The second-order valence-electron chi connectivity index (χ2n) is 1.16. The molecule has 0 aliphatic heterocycles. The second kappa shape index (κ2) is 2.57. The monoisotopic (exact) mass is 188 g/mol. The molecule has 1 aromatic rings. The summed E-state index contributed by atoms with van der Waals surface area (Å²) in [4.78, 5) is 16.3. The highest BCUT2D eigenvalue weighted by molar-refractivity contribution is 9.10. The molecule has 0 aliphatic carbocycles. The zero-order valence-corrected chi connectivity index (χ0v) is 5.75. The van der Waals surface area contributed by atoms with Gasteiger partial charge in [-0.15, -0.1) is 4.99 Å². The van der Waals surface area contributed by atoms with Crippen LogP contribution in [0.3, 0.4) is 0 Å². The van der Waals surface area contributed by atoms with Gasteiger partial charge in [-0.3, -0.25) is 0 Å². The molecule has 0 fully saturated rings. The van der Waals surface area contributed by atoms with Gasteiger partial charge in [-0.05, 0) is 15.9 Å². The SMILES string of the molecule is O=C=Nc1nc(Br)co1. The third-order valence-corrected chi connectivity index (χ3v) is 0.970. The van der Waals surface area contributed by atoms with Crippen molar-refractivity contribution in [1.82, 2.24) is 4.98 Å². The first-order chi connectivity index (χ1) is 4.33. The van der Waals surface area contributed by atoms with Gasteiger partial charge in [0, 0.05) is 0 Å². The summed E-state index contributed by atoms with van der Waals surface area (Å²) in [6.45, 7) is 0. The van der Waals surface area contributed by atoms with Crippen LogP contribution >= 0.6 is 15.9 Å². The first kappa shape index (κ1) is 6.19. The molecule has 0 unspecified atom stereocenters. The van der Waals surface area contributed by atoms with Gasteiger partial charge in [-0.2, -0.15) is 4.98 Å². The average Bonchev–Trinajstić information content (AvgIpc) is 2.17. The standard InChI is InChI=1S/C4HBrN2O2/c5-3-1-9-4(7-3)6-2-8/h1H. The van der Waals surface area contributed by atoms with Crippen LogP contribution in [0.25, 0.3) is 0 Å². The Hall–Kier alpha value is -0.930. The van der Waals surface area contributed by atoms with Crippen molar-refractivity contribution in [3.05, 3.63) is 10.9 Å². The Morgan fingerprint density at radius 1 is 1.89 bits per heavy atom. The lowest BCUT2D eigenvalue weighted by Crippen LogP contribution is -1.59. The van der Waals surface area contributed by atoms with Gasteiger partial charge in [0.2, 0.25) is 6.08 Å². The maximum absolute atomic E-state index is 9.58. The van der Waals surface area contributed by atoms with Crippen LogP contribution in [0.1, 0.15) is 0 Å². The first-order valence-corrected chi connectivity index (χ1v) is 2.81. The molecular weight excluding hydrogens is 188 g/mol. The van der Waals surface area contributed by atoms with Gasteiger partial charge in [-0.1, -0.05) is 0 Å². The van der Waals surface area contributed by atoms with Gasteiger partial charge in [0.15, 0.2) is 0 Å². The molecule has 46 valence electrons. The lowest BCUT2D eigenvalue weighted by molar-refractivity contribution is 0.550. The maximum atomic E-state index is 9.58. The Labute approximate surface area is 58.7 Å². The molecule has 0 saturated carbocycles. The number of oxazole rings is 1. The number of nitrogens with zero attached hydrogens (tertiary/aromatic N) is 2. The normalized spacial score (nSPS) is 8.56. The summed E-state index contributed by atoms with van der Waals surface area (Å²) < 4.78 is 5.13. The Bertz CT molecular complexity index is 251. The third-order valence-electron chi connectivity index (χ3n) is 0.605. The zero-order valence-electron chi connectivity index (χ0n) is 4.17. The van der Waals surface area contributed by atoms with Crippen LogP contribution in [0.5, 0.6) is 0 Å². The highest BCUT2D eigenvalue weighted by atomic mass is 79.9. The molecule has 5 heteroatoms. The van der Waals surface area contributed by atoms with Crippen molar-refractivity contribution in [2.75, 3.05) is 0 Å². The van der Waals surface area contributed by atoms with Gasteiger partial charge < -0.3 is 4.42 Å². The smallest absolute Gasteiger partial charge is 0.333 e. The van der Waals surface area contributed by atoms with E-state index in [0.717, 1.165) is 0 Å². The van der Waals surface area contributed by atoms with Crippen LogP contribution in [-0.2, 0) is 4.79 Å². The summed E-state index contributed by atoms with van der Waals surface area (Å²) in [5, 5.41) is 0. The quantitative estimate of drug-likeness (QED) is 0.495. The number of aliphatic imine (C=N–C) groups is 1. The molecule has 1 rings (SSSR count). The fourth-order valence-corrected chi connectivity index (χ4v) is 0.581. The van der Waals surface area contributed by atoms with E-state index >= 15 is 0 Å². The van der Waals surface area contributed by atoms with Crippen LogP contribution in [0.15, 0.2) is 20.3 Å². The molecule has 0 bridgehead atoms. The van der Waals surface area contributed by atoms with E-state index in [4.69, 9.17) is 0 Å². The molecular formula is C4HBrN2O2. The minimum absolute atomic E-state index is 0.0110. The summed E-state index contributed by atoms with van der Waals surface area (Å²) in [6.07, 6.45) is 2.62. The van der Waals surface area contributed by atoms with Crippen molar-refractivity contribution >= 4 is 28.0 Å². The van der Waals surface area contributed by atoms with Crippen molar-refractivity contribution in [2.24, 2.45) is 4.99 Å². The van der Waals surface area contributed by atoms with Crippen LogP contribution in [-0.4, -0.2) is 11.1 Å². The summed E-state index contributed by atoms with van der Waals surface area (Å²) in [5.41, 5.74) is 0. The van der Waals surface area contributed by atoms with E-state index in [1.165, 1.54) is 12.3 Å². The van der Waals surface area contributed by atoms with E-state index in [1.807, 2.05) is 0 Å².